The molecule has 1 aromatic heterocycles. The van der Waals surface area contributed by atoms with Gasteiger partial charge in [-0.15, -0.1) is 0 Å². The predicted molar refractivity (Wildman–Crippen MR) is 96.7 cm³/mol. The number of rotatable bonds is 4. The second kappa shape index (κ2) is 6.54. The lowest BCUT2D eigenvalue weighted by Gasteiger charge is -2.13. The number of hydrogen-bond acceptors (Lipinski definition) is 4. The van der Waals surface area contributed by atoms with Crippen molar-refractivity contribution in [2.45, 2.75) is 17.9 Å². The zero-order chi connectivity index (χ0) is 18.2. The molecule has 25 heavy (non-hydrogen) atoms. The van der Waals surface area contributed by atoms with Crippen molar-refractivity contribution in [1.29, 1.82) is 0 Å². The smallest absolute Gasteiger partial charge is 0.253 e. The zero-order valence-electron chi connectivity index (χ0n) is 13.6. The van der Waals surface area contributed by atoms with Gasteiger partial charge in [-0.25, -0.2) is 8.42 Å². The molecule has 0 saturated heterocycles. The third kappa shape index (κ3) is 3.70. The first-order valence-corrected chi connectivity index (χ1v) is 9.81. The maximum absolute atomic E-state index is 12.5. The van der Waals surface area contributed by atoms with Crippen molar-refractivity contribution in [2.75, 3.05) is 6.26 Å². The molecule has 0 bridgehead atoms. The summed E-state index contributed by atoms with van der Waals surface area (Å²) in [6.45, 7) is 1.78. The summed E-state index contributed by atoms with van der Waals surface area (Å²) in [5.74, 6) is 0.133. The van der Waals surface area contributed by atoms with Crippen molar-refractivity contribution in [3.05, 3.63) is 64.9 Å². The first kappa shape index (κ1) is 17.5. The number of carbonyl (C=O) groups is 1. The number of hydrogen-bond donors (Lipinski definition) is 1. The molecule has 0 spiro atoms. The van der Waals surface area contributed by atoms with Gasteiger partial charge in [0.15, 0.2) is 9.84 Å². The highest BCUT2D eigenvalue weighted by atomic mass is 35.5. The molecule has 0 fully saturated rings. The van der Waals surface area contributed by atoms with E-state index in [9.17, 15) is 13.2 Å². The highest BCUT2D eigenvalue weighted by Crippen LogP contribution is 2.25. The molecular weight excluding hydrogens is 362 g/mol. The van der Waals surface area contributed by atoms with Crippen LogP contribution < -0.4 is 5.32 Å². The van der Waals surface area contributed by atoms with E-state index in [1.54, 1.807) is 6.92 Å². The largest absolute Gasteiger partial charge is 0.459 e. The second-order valence-electron chi connectivity index (χ2n) is 5.80. The van der Waals surface area contributed by atoms with Gasteiger partial charge < -0.3 is 9.73 Å². The first-order chi connectivity index (χ1) is 11.8. The molecule has 0 radical (unpaired) electrons. The minimum Gasteiger partial charge on any atom is -0.459 e. The molecule has 1 atom stereocenters. The summed E-state index contributed by atoms with van der Waals surface area (Å²) in [5, 5.41) is 3.90. The van der Waals surface area contributed by atoms with Gasteiger partial charge in [0.05, 0.1) is 21.5 Å². The maximum atomic E-state index is 12.5. The van der Waals surface area contributed by atoms with E-state index in [2.05, 4.69) is 5.32 Å². The van der Waals surface area contributed by atoms with Gasteiger partial charge in [0.25, 0.3) is 5.91 Å². The molecule has 7 heteroatoms. The van der Waals surface area contributed by atoms with Crippen LogP contribution in [0.15, 0.2) is 57.8 Å². The average molecular weight is 378 g/mol. The van der Waals surface area contributed by atoms with Crippen LogP contribution in [-0.4, -0.2) is 20.6 Å². The number of nitrogens with one attached hydrogen (secondary N) is 1. The van der Waals surface area contributed by atoms with Crippen molar-refractivity contribution < 1.29 is 17.6 Å². The van der Waals surface area contributed by atoms with E-state index < -0.39 is 21.8 Å². The third-order valence-corrected chi connectivity index (χ3v) is 5.27. The highest BCUT2D eigenvalue weighted by molar-refractivity contribution is 7.90. The Morgan fingerprint density at radius 3 is 2.56 bits per heavy atom. The predicted octanol–water partition coefficient (Wildman–Crippen LogP) is 3.98. The van der Waals surface area contributed by atoms with Crippen LogP contribution >= 0.6 is 11.6 Å². The summed E-state index contributed by atoms with van der Waals surface area (Å²) in [7, 11) is -3.43. The van der Waals surface area contributed by atoms with Gasteiger partial charge in [-0.1, -0.05) is 29.8 Å². The van der Waals surface area contributed by atoms with Crippen molar-refractivity contribution in [1.82, 2.24) is 5.32 Å². The Morgan fingerprint density at radius 2 is 1.88 bits per heavy atom. The standard InChI is InChI=1S/C18H16ClNO4S/c1-11(17-9-12-5-3-4-6-16(12)24-17)20-18(21)14-10-13(25(2,22)23)7-8-15(14)19/h3-11H,1-2H3,(H,20,21). The van der Waals surface area contributed by atoms with Crippen LogP contribution in [0.25, 0.3) is 11.0 Å². The van der Waals surface area contributed by atoms with Crippen LogP contribution in [0.2, 0.25) is 5.02 Å². The first-order valence-electron chi connectivity index (χ1n) is 7.54. The Balaban J connectivity index is 1.86. The Kier molecular flexibility index (Phi) is 4.58. The number of carbonyl (C=O) groups excluding carboxylic acids is 1. The van der Waals surface area contributed by atoms with Crippen molar-refractivity contribution >= 4 is 38.3 Å². The topological polar surface area (TPSA) is 76.4 Å². The monoisotopic (exact) mass is 377 g/mol. The summed E-state index contributed by atoms with van der Waals surface area (Å²) in [6, 6.07) is 13.0. The fourth-order valence-electron chi connectivity index (χ4n) is 2.47. The molecule has 1 amide bonds. The van der Waals surface area contributed by atoms with E-state index in [-0.39, 0.29) is 15.5 Å². The Bertz CT molecular complexity index is 1020. The molecular formula is C18H16ClNO4S. The molecule has 2 aromatic carbocycles. The summed E-state index contributed by atoms with van der Waals surface area (Å²) < 4.78 is 29.1. The van der Waals surface area contributed by atoms with E-state index in [0.29, 0.717) is 5.76 Å². The molecule has 0 aliphatic carbocycles. The van der Waals surface area contributed by atoms with Gasteiger partial charge in [-0.05, 0) is 37.3 Å². The van der Waals surface area contributed by atoms with Crippen molar-refractivity contribution in [3.63, 3.8) is 0 Å². The number of fused-ring (bicyclic) bond motifs is 1. The van der Waals surface area contributed by atoms with E-state index in [1.807, 2.05) is 30.3 Å². The van der Waals surface area contributed by atoms with E-state index in [1.165, 1.54) is 18.2 Å². The molecule has 1 heterocycles. The summed E-state index contributed by atoms with van der Waals surface area (Å²) in [5.41, 5.74) is 0.836. The molecule has 1 unspecified atom stereocenters. The zero-order valence-corrected chi connectivity index (χ0v) is 15.2. The molecule has 130 valence electrons. The van der Waals surface area contributed by atoms with Gasteiger partial charge in [-0.3, -0.25) is 4.79 Å². The lowest BCUT2D eigenvalue weighted by Crippen LogP contribution is -2.26. The fourth-order valence-corrected chi connectivity index (χ4v) is 3.32. The normalized spacial score (nSPS) is 12.9. The molecule has 3 rings (SSSR count). The number of benzene rings is 2. The number of amides is 1. The van der Waals surface area contributed by atoms with Gasteiger partial charge >= 0.3 is 0 Å². The Morgan fingerprint density at radius 1 is 1.16 bits per heavy atom. The van der Waals surface area contributed by atoms with Crippen molar-refractivity contribution in [3.8, 4) is 0 Å². The number of furan rings is 1. The van der Waals surface area contributed by atoms with Crippen LogP contribution in [0.1, 0.15) is 29.1 Å². The summed E-state index contributed by atoms with van der Waals surface area (Å²) >= 11 is 6.06. The SMILES string of the molecule is CC(NC(=O)c1cc(S(C)(=O)=O)ccc1Cl)c1cc2ccccc2o1. The number of para-hydroxylation sites is 1. The van der Waals surface area contributed by atoms with Crippen LogP contribution in [0.5, 0.6) is 0 Å². The molecule has 1 N–H and O–H groups in total. The molecule has 3 aromatic rings. The molecule has 0 aliphatic rings. The van der Waals surface area contributed by atoms with Crippen LogP contribution in [0.3, 0.4) is 0 Å². The highest BCUT2D eigenvalue weighted by Gasteiger charge is 2.19. The number of halogens is 1. The summed E-state index contributed by atoms with van der Waals surface area (Å²) in [6.07, 6.45) is 1.08. The quantitative estimate of drug-likeness (QED) is 0.746. The van der Waals surface area contributed by atoms with E-state index >= 15 is 0 Å². The van der Waals surface area contributed by atoms with Gasteiger partial charge in [0.2, 0.25) is 0 Å². The van der Waals surface area contributed by atoms with Gasteiger partial charge in [-0.2, -0.15) is 0 Å². The molecule has 5 nitrogen and oxygen atoms in total. The Labute approximate surface area is 150 Å². The van der Waals surface area contributed by atoms with Crippen LogP contribution in [-0.2, 0) is 9.84 Å². The lowest BCUT2D eigenvalue weighted by molar-refractivity contribution is 0.0935. The van der Waals surface area contributed by atoms with Crippen LogP contribution in [0, 0.1) is 0 Å². The van der Waals surface area contributed by atoms with E-state index in [0.717, 1.165) is 17.2 Å². The molecule has 0 saturated carbocycles. The van der Waals surface area contributed by atoms with Crippen molar-refractivity contribution in [2.24, 2.45) is 0 Å². The molecule has 0 aliphatic heterocycles. The van der Waals surface area contributed by atoms with Gasteiger partial charge in [0, 0.05) is 11.6 Å². The minimum absolute atomic E-state index is 0.0402. The summed E-state index contributed by atoms with van der Waals surface area (Å²) in [4.78, 5) is 12.6. The van der Waals surface area contributed by atoms with Gasteiger partial charge in [0.1, 0.15) is 11.3 Å². The number of sulfone groups is 1. The third-order valence-electron chi connectivity index (χ3n) is 3.83. The second-order valence-corrected chi connectivity index (χ2v) is 8.22. The fraction of sp³-hybridized carbons (Fsp3) is 0.167. The van der Waals surface area contributed by atoms with E-state index in [4.69, 9.17) is 16.0 Å². The van der Waals surface area contributed by atoms with Crippen LogP contribution in [0.4, 0.5) is 0 Å². The lowest BCUT2D eigenvalue weighted by atomic mass is 10.1. The maximum Gasteiger partial charge on any atom is 0.253 e. The minimum atomic E-state index is -3.43. The average Bonchev–Trinajstić information content (AvgIpc) is 2.98. The Hall–Kier alpha value is -2.31.